The van der Waals surface area contributed by atoms with Crippen LogP contribution in [0.25, 0.3) is 0 Å². The highest BCUT2D eigenvalue weighted by molar-refractivity contribution is 5.71. The van der Waals surface area contributed by atoms with Crippen molar-refractivity contribution in [1.82, 2.24) is 9.97 Å². The van der Waals surface area contributed by atoms with E-state index in [4.69, 9.17) is 15.5 Å². The van der Waals surface area contributed by atoms with Gasteiger partial charge >= 0.3 is 0 Å². The van der Waals surface area contributed by atoms with Crippen LogP contribution in [0.4, 0.5) is 23.1 Å². The van der Waals surface area contributed by atoms with E-state index in [0.717, 1.165) is 43.0 Å². The largest absolute Gasteiger partial charge is 0.325 e. The van der Waals surface area contributed by atoms with Crippen LogP contribution in [0.5, 0.6) is 0 Å². The molecule has 2 heterocycles. The van der Waals surface area contributed by atoms with E-state index in [0.29, 0.717) is 17.9 Å². The monoisotopic (exact) mass is 408 g/mol. The number of hydrogen-bond acceptors (Lipinski definition) is 6. The van der Waals surface area contributed by atoms with Crippen LogP contribution in [0, 0.1) is 29.6 Å². The molecule has 1 N–H and O–H groups in total. The third-order valence-corrected chi connectivity index (χ3v) is 5.64. The molecule has 0 saturated heterocycles. The summed E-state index contributed by atoms with van der Waals surface area (Å²) in [7, 11) is 0. The molecular formula is C25H24N6. The topological polar surface area (TPSA) is 88.6 Å². The van der Waals surface area contributed by atoms with E-state index in [1.54, 1.807) is 12.1 Å². The number of fused-ring (bicyclic) bond motifs is 1. The normalized spacial score (nSPS) is 12.2. The van der Waals surface area contributed by atoms with Crippen molar-refractivity contribution in [1.29, 1.82) is 10.5 Å². The van der Waals surface area contributed by atoms with Crippen molar-refractivity contribution in [2.45, 2.75) is 39.5 Å². The van der Waals surface area contributed by atoms with Crippen LogP contribution < -0.4 is 10.2 Å². The van der Waals surface area contributed by atoms with Crippen LogP contribution >= 0.6 is 0 Å². The summed E-state index contributed by atoms with van der Waals surface area (Å²) in [5.74, 6) is 1.50. The second-order valence-electron chi connectivity index (χ2n) is 7.63. The van der Waals surface area contributed by atoms with E-state index in [9.17, 15) is 0 Å². The van der Waals surface area contributed by atoms with E-state index in [1.807, 2.05) is 19.1 Å². The number of aromatic nitrogens is 2. The summed E-state index contributed by atoms with van der Waals surface area (Å²) in [5, 5.41) is 21.1. The van der Waals surface area contributed by atoms with Gasteiger partial charge in [0.05, 0.1) is 17.7 Å². The average molecular weight is 409 g/mol. The van der Waals surface area contributed by atoms with Gasteiger partial charge in [-0.3, -0.25) is 0 Å². The maximum absolute atomic E-state index is 8.99. The van der Waals surface area contributed by atoms with Gasteiger partial charge in [-0.1, -0.05) is 19.1 Å². The van der Waals surface area contributed by atoms with Crippen molar-refractivity contribution in [2.75, 3.05) is 16.8 Å². The van der Waals surface area contributed by atoms with Crippen LogP contribution in [0.2, 0.25) is 0 Å². The van der Waals surface area contributed by atoms with Gasteiger partial charge in [0.25, 0.3) is 0 Å². The highest BCUT2D eigenvalue weighted by Crippen LogP contribution is 2.37. The first-order valence-corrected chi connectivity index (χ1v) is 10.5. The van der Waals surface area contributed by atoms with Crippen LogP contribution in [-0.4, -0.2) is 16.5 Å². The number of hydrogen-bond donors (Lipinski definition) is 1. The molecule has 0 fully saturated rings. The molecule has 0 unspecified atom stereocenters. The smallest absolute Gasteiger partial charge is 0.229 e. The molecule has 1 aromatic heterocycles. The summed E-state index contributed by atoms with van der Waals surface area (Å²) in [6, 6.07) is 18.1. The Hall–Kier alpha value is -3.90. The summed E-state index contributed by atoms with van der Waals surface area (Å²) >= 11 is 0. The van der Waals surface area contributed by atoms with Gasteiger partial charge in [-0.15, -0.1) is 0 Å². The van der Waals surface area contributed by atoms with Crippen LogP contribution in [0.3, 0.4) is 0 Å². The molecule has 2 aromatic carbocycles. The van der Waals surface area contributed by atoms with Crippen molar-refractivity contribution in [3.05, 3.63) is 70.4 Å². The third kappa shape index (κ3) is 4.20. The molecule has 6 heteroatoms. The molecule has 0 radical (unpaired) electrons. The predicted molar refractivity (Wildman–Crippen MR) is 122 cm³/mol. The number of anilines is 4. The van der Waals surface area contributed by atoms with Crippen molar-refractivity contribution in [2.24, 2.45) is 0 Å². The lowest BCUT2D eigenvalue weighted by Crippen LogP contribution is -2.17. The Morgan fingerprint density at radius 1 is 1.10 bits per heavy atom. The zero-order valence-corrected chi connectivity index (χ0v) is 17.8. The predicted octanol–water partition coefficient (Wildman–Crippen LogP) is 5.11. The fourth-order valence-electron chi connectivity index (χ4n) is 4.02. The highest BCUT2D eigenvalue weighted by atomic mass is 15.3. The maximum Gasteiger partial charge on any atom is 0.229 e. The number of nitriles is 2. The molecule has 0 atom stereocenters. The molecule has 0 amide bonds. The first-order chi connectivity index (χ1) is 15.1. The number of rotatable bonds is 6. The first-order valence-electron chi connectivity index (χ1n) is 10.5. The lowest BCUT2D eigenvalue weighted by molar-refractivity contribution is 0.958. The van der Waals surface area contributed by atoms with Gasteiger partial charge in [0.15, 0.2) is 0 Å². The molecule has 0 saturated carbocycles. The minimum atomic E-state index is 0.534. The van der Waals surface area contributed by atoms with E-state index < -0.39 is 0 Å². The van der Waals surface area contributed by atoms with Gasteiger partial charge < -0.3 is 10.2 Å². The Kier molecular flexibility index (Phi) is 5.82. The zero-order valence-electron chi connectivity index (χ0n) is 17.8. The van der Waals surface area contributed by atoms with Crippen molar-refractivity contribution < 1.29 is 0 Å². The quantitative estimate of drug-likeness (QED) is 0.609. The van der Waals surface area contributed by atoms with Gasteiger partial charge in [-0.25, -0.2) is 4.98 Å². The third-order valence-electron chi connectivity index (χ3n) is 5.64. The molecule has 0 aliphatic carbocycles. The van der Waals surface area contributed by atoms with Crippen molar-refractivity contribution in [3.63, 3.8) is 0 Å². The zero-order chi connectivity index (χ0) is 21.8. The molecule has 4 rings (SSSR count). The summed E-state index contributed by atoms with van der Waals surface area (Å²) in [6.45, 7) is 5.06. The van der Waals surface area contributed by atoms with Crippen molar-refractivity contribution >= 4 is 23.1 Å². The SMILES string of the molecule is CCc1cc(CCC#N)ccc1N1CCc2c(C)nc(Nc3ccc(C#N)cc3)nc21. The fraction of sp³-hybridized carbons (Fsp3) is 0.280. The highest BCUT2D eigenvalue weighted by Gasteiger charge is 2.26. The number of nitrogens with zero attached hydrogens (tertiary/aromatic N) is 5. The molecule has 0 bridgehead atoms. The molecular weight excluding hydrogens is 384 g/mol. The Labute approximate surface area is 182 Å². The lowest BCUT2D eigenvalue weighted by atomic mass is 10.0. The molecule has 31 heavy (non-hydrogen) atoms. The van der Waals surface area contributed by atoms with Crippen molar-refractivity contribution in [3.8, 4) is 12.1 Å². The summed E-state index contributed by atoms with van der Waals surface area (Å²) in [4.78, 5) is 11.8. The lowest BCUT2D eigenvalue weighted by Gasteiger charge is -2.23. The minimum Gasteiger partial charge on any atom is -0.325 e. The van der Waals surface area contributed by atoms with Crippen LogP contribution in [0.15, 0.2) is 42.5 Å². The molecule has 3 aromatic rings. The minimum absolute atomic E-state index is 0.534. The number of nitrogens with one attached hydrogen (secondary N) is 1. The van der Waals surface area contributed by atoms with E-state index >= 15 is 0 Å². The average Bonchev–Trinajstić information content (AvgIpc) is 3.22. The van der Waals surface area contributed by atoms with Gasteiger partial charge in [-0.05, 0) is 67.6 Å². The summed E-state index contributed by atoms with van der Waals surface area (Å²) in [6.07, 6.45) is 3.14. The molecule has 154 valence electrons. The Bertz CT molecular complexity index is 1180. The summed E-state index contributed by atoms with van der Waals surface area (Å²) < 4.78 is 0. The van der Waals surface area contributed by atoms with Gasteiger partial charge in [-0.2, -0.15) is 15.5 Å². The second-order valence-corrected chi connectivity index (χ2v) is 7.63. The number of aryl methyl sites for hydroxylation is 3. The molecule has 6 nitrogen and oxygen atoms in total. The molecule has 1 aliphatic rings. The number of benzene rings is 2. The molecule has 1 aliphatic heterocycles. The Balaban J connectivity index is 1.66. The Morgan fingerprint density at radius 2 is 1.90 bits per heavy atom. The Morgan fingerprint density at radius 3 is 2.61 bits per heavy atom. The standard InChI is InChI=1S/C25H24N6/c1-3-20-15-18(5-4-13-26)8-11-23(20)31-14-12-22-17(2)28-25(30-24(22)31)29-21-9-6-19(16-27)7-10-21/h6-11,15H,3-5,12,14H2,1-2H3,(H,28,29,30). The van der Waals surface area contributed by atoms with Crippen LogP contribution in [0.1, 0.15) is 41.3 Å². The summed E-state index contributed by atoms with van der Waals surface area (Å²) in [5.41, 5.74) is 7.26. The van der Waals surface area contributed by atoms with E-state index in [-0.39, 0.29) is 0 Å². The van der Waals surface area contributed by atoms with E-state index in [2.05, 4.69) is 52.5 Å². The maximum atomic E-state index is 8.99. The van der Waals surface area contributed by atoms with E-state index in [1.165, 1.54) is 22.4 Å². The van der Waals surface area contributed by atoms with Gasteiger partial charge in [0.1, 0.15) is 5.82 Å². The van der Waals surface area contributed by atoms with Gasteiger partial charge in [0.2, 0.25) is 5.95 Å². The fourth-order valence-corrected chi connectivity index (χ4v) is 4.02. The molecule has 0 spiro atoms. The second kappa shape index (κ2) is 8.85. The van der Waals surface area contributed by atoms with Gasteiger partial charge in [0, 0.05) is 35.6 Å². The van der Waals surface area contributed by atoms with Crippen LogP contribution in [-0.2, 0) is 19.3 Å². The first kappa shape index (κ1) is 20.4.